The molecule has 1 aliphatic heterocycles. The van der Waals surface area contributed by atoms with E-state index in [0.717, 1.165) is 52.8 Å². The number of aromatic amines is 1. The van der Waals surface area contributed by atoms with E-state index in [0.29, 0.717) is 12.3 Å². The number of benzene rings is 2. The average Bonchev–Trinajstić information content (AvgIpc) is 3.38. The van der Waals surface area contributed by atoms with Crippen molar-refractivity contribution in [2.24, 2.45) is 0 Å². The van der Waals surface area contributed by atoms with Gasteiger partial charge in [-0.15, -0.1) is 10.2 Å². The Morgan fingerprint density at radius 2 is 1.73 bits per heavy atom. The van der Waals surface area contributed by atoms with Crippen molar-refractivity contribution in [2.75, 3.05) is 18.8 Å². The van der Waals surface area contributed by atoms with Crippen molar-refractivity contribution >= 4 is 28.4 Å². The molecule has 1 saturated heterocycles. The van der Waals surface area contributed by atoms with Crippen molar-refractivity contribution in [1.82, 2.24) is 24.6 Å². The van der Waals surface area contributed by atoms with Gasteiger partial charge in [-0.3, -0.25) is 9.69 Å². The molecule has 0 aliphatic carbocycles. The third-order valence-electron chi connectivity index (χ3n) is 6.30. The number of nitrogens with zero attached hydrogens (tertiary/aromatic N) is 4. The van der Waals surface area contributed by atoms with Crippen LogP contribution < -0.4 is 0 Å². The smallest absolute Gasteiger partial charge is 0.192 e. The van der Waals surface area contributed by atoms with Crippen molar-refractivity contribution in [1.29, 1.82) is 0 Å². The van der Waals surface area contributed by atoms with Crippen LogP contribution in [-0.2, 0) is 13.1 Å². The maximum atomic E-state index is 13.2. The lowest BCUT2D eigenvalue weighted by Gasteiger charge is -2.26. The van der Waals surface area contributed by atoms with E-state index in [9.17, 15) is 4.79 Å². The first-order valence-corrected chi connectivity index (χ1v) is 12.6. The van der Waals surface area contributed by atoms with Crippen LogP contribution >= 0.6 is 11.8 Å². The molecule has 1 fully saturated rings. The number of aryl methyl sites for hydroxylation is 1. The number of hydrogen-bond acceptors (Lipinski definition) is 5. The Morgan fingerprint density at radius 3 is 2.55 bits per heavy atom. The van der Waals surface area contributed by atoms with Crippen molar-refractivity contribution in [3.8, 4) is 0 Å². The predicted molar refractivity (Wildman–Crippen MR) is 133 cm³/mol. The fourth-order valence-electron chi connectivity index (χ4n) is 4.62. The maximum absolute atomic E-state index is 13.2. The molecule has 1 N–H and O–H groups in total. The number of hydrogen-bond donors (Lipinski definition) is 1. The lowest BCUT2D eigenvalue weighted by molar-refractivity contribution is 0.102. The van der Waals surface area contributed by atoms with Crippen LogP contribution in [0.3, 0.4) is 0 Å². The summed E-state index contributed by atoms with van der Waals surface area (Å²) in [5.41, 5.74) is 3.90. The molecule has 6 nitrogen and oxygen atoms in total. The largest absolute Gasteiger partial charge is 0.358 e. The number of Topliss-reactive ketones (excluding diaryl/α,β-unsaturated/α-hetero) is 1. The monoisotopic (exact) mass is 459 g/mol. The van der Waals surface area contributed by atoms with Gasteiger partial charge in [0.15, 0.2) is 10.9 Å². The fraction of sp³-hybridized carbons (Fsp3) is 0.346. The lowest BCUT2D eigenvalue weighted by Crippen LogP contribution is -2.30. The number of carbonyl (C=O) groups excluding carboxylic acids is 1. The summed E-state index contributed by atoms with van der Waals surface area (Å²) < 4.78 is 2.18. The molecule has 0 bridgehead atoms. The van der Waals surface area contributed by atoms with E-state index in [1.807, 2.05) is 37.3 Å². The van der Waals surface area contributed by atoms with Gasteiger partial charge in [0.05, 0.1) is 18.8 Å². The Bertz CT molecular complexity index is 1240. The van der Waals surface area contributed by atoms with E-state index in [1.54, 1.807) is 0 Å². The van der Waals surface area contributed by atoms with E-state index in [1.165, 1.54) is 36.6 Å². The first kappa shape index (κ1) is 21.9. The highest BCUT2D eigenvalue weighted by Gasteiger charge is 2.21. The van der Waals surface area contributed by atoms with Gasteiger partial charge in [0.2, 0.25) is 0 Å². The number of rotatable bonds is 8. The van der Waals surface area contributed by atoms with E-state index in [-0.39, 0.29) is 5.78 Å². The Kier molecular flexibility index (Phi) is 6.60. The summed E-state index contributed by atoms with van der Waals surface area (Å²) >= 11 is 1.48. The normalized spacial score (nSPS) is 14.7. The summed E-state index contributed by atoms with van der Waals surface area (Å²) in [6, 6.07) is 18.4. The van der Waals surface area contributed by atoms with Gasteiger partial charge in [0, 0.05) is 22.2 Å². The molecule has 0 unspecified atom stereocenters. The standard InChI is InChI=1S/C26H29N5OS/c1-19-25(21-12-6-7-13-22(21)27-19)23(32)18-33-26-29-28-24(17-30-14-8-3-9-15-30)31(26)16-20-10-4-2-5-11-20/h2,4-7,10-13,27H,3,8-9,14-18H2,1H3. The number of aromatic nitrogens is 4. The van der Waals surface area contributed by atoms with Crippen LogP contribution in [0, 0.1) is 6.92 Å². The van der Waals surface area contributed by atoms with Crippen molar-refractivity contribution in [3.63, 3.8) is 0 Å². The number of nitrogens with one attached hydrogen (secondary N) is 1. The Labute approximate surface area is 198 Å². The molecule has 5 rings (SSSR count). The topological polar surface area (TPSA) is 66.8 Å². The maximum Gasteiger partial charge on any atom is 0.192 e. The summed E-state index contributed by atoms with van der Waals surface area (Å²) in [5.74, 6) is 1.42. The molecule has 2 aromatic heterocycles. The number of thioether (sulfide) groups is 1. The number of fused-ring (bicyclic) bond motifs is 1. The van der Waals surface area contributed by atoms with E-state index < -0.39 is 0 Å². The lowest BCUT2D eigenvalue weighted by atomic mass is 10.1. The molecular weight excluding hydrogens is 430 g/mol. The van der Waals surface area contributed by atoms with E-state index in [2.05, 4.69) is 48.9 Å². The van der Waals surface area contributed by atoms with Crippen LogP contribution in [0.25, 0.3) is 10.9 Å². The second kappa shape index (κ2) is 9.93. The van der Waals surface area contributed by atoms with Gasteiger partial charge >= 0.3 is 0 Å². The van der Waals surface area contributed by atoms with Gasteiger partial charge in [0.1, 0.15) is 5.82 Å². The van der Waals surface area contributed by atoms with Crippen LogP contribution in [0.1, 0.15) is 46.7 Å². The molecule has 0 radical (unpaired) electrons. The zero-order valence-electron chi connectivity index (χ0n) is 19.0. The van der Waals surface area contributed by atoms with Crippen molar-refractivity contribution in [2.45, 2.75) is 44.4 Å². The molecule has 170 valence electrons. The molecule has 2 aromatic carbocycles. The van der Waals surface area contributed by atoms with Crippen LogP contribution in [0.5, 0.6) is 0 Å². The quantitative estimate of drug-likeness (QED) is 0.294. The number of likely N-dealkylation sites (tertiary alicyclic amines) is 1. The minimum absolute atomic E-state index is 0.113. The number of piperidine rings is 1. The van der Waals surface area contributed by atoms with E-state index in [4.69, 9.17) is 0 Å². The van der Waals surface area contributed by atoms with Crippen LogP contribution in [0.2, 0.25) is 0 Å². The summed E-state index contributed by atoms with van der Waals surface area (Å²) in [5, 5.41) is 10.8. The highest BCUT2D eigenvalue weighted by Crippen LogP contribution is 2.26. The molecule has 4 aromatic rings. The highest BCUT2D eigenvalue weighted by molar-refractivity contribution is 7.99. The summed E-state index contributed by atoms with van der Waals surface area (Å²) in [6.45, 7) is 5.69. The minimum Gasteiger partial charge on any atom is -0.358 e. The molecule has 0 spiro atoms. The second-order valence-corrected chi connectivity index (χ2v) is 9.63. The van der Waals surface area contributed by atoms with Gasteiger partial charge < -0.3 is 9.55 Å². The number of para-hydroxylation sites is 1. The van der Waals surface area contributed by atoms with Crippen LogP contribution in [0.15, 0.2) is 59.8 Å². The fourth-order valence-corrected chi connectivity index (χ4v) is 5.45. The molecule has 0 atom stereocenters. The zero-order chi connectivity index (χ0) is 22.6. The van der Waals surface area contributed by atoms with E-state index >= 15 is 0 Å². The van der Waals surface area contributed by atoms with Crippen molar-refractivity contribution in [3.05, 3.63) is 77.2 Å². The predicted octanol–water partition coefficient (Wildman–Crippen LogP) is 5.08. The molecule has 1 aliphatic rings. The molecule has 33 heavy (non-hydrogen) atoms. The van der Waals surface area contributed by atoms with Gasteiger partial charge in [-0.05, 0) is 44.5 Å². The van der Waals surface area contributed by atoms with Gasteiger partial charge in [-0.1, -0.05) is 66.7 Å². The van der Waals surface area contributed by atoms with Crippen LogP contribution in [-0.4, -0.2) is 49.3 Å². The number of carbonyl (C=O) groups is 1. The SMILES string of the molecule is Cc1[nH]c2ccccc2c1C(=O)CSc1nnc(CN2CCCCC2)n1Cc1ccccc1. The molecule has 3 heterocycles. The number of ketones is 1. The average molecular weight is 460 g/mol. The first-order valence-electron chi connectivity index (χ1n) is 11.6. The third-order valence-corrected chi connectivity index (χ3v) is 7.26. The molecule has 7 heteroatoms. The van der Waals surface area contributed by atoms with Crippen LogP contribution in [0.4, 0.5) is 0 Å². The Morgan fingerprint density at radius 1 is 0.970 bits per heavy atom. The van der Waals surface area contributed by atoms with Gasteiger partial charge in [0.25, 0.3) is 0 Å². The van der Waals surface area contributed by atoms with Gasteiger partial charge in [-0.2, -0.15) is 0 Å². The minimum atomic E-state index is 0.113. The van der Waals surface area contributed by atoms with Crippen molar-refractivity contribution < 1.29 is 4.79 Å². The zero-order valence-corrected chi connectivity index (χ0v) is 19.8. The molecular formula is C26H29N5OS. The highest BCUT2D eigenvalue weighted by atomic mass is 32.2. The first-order chi connectivity index (χ1) is 16.2. The van der Waals surface area contributed by atoms with Gasteiger partial charge in [-0.25, -0.2) is 0 Å². The Hall–Kier alpha value is -2.90. The summed E-state index contributed by atoms with van der Waals surface area (Å²) in [4.78, 5) is 19.0. The second-order valence-electron chi connectivity index (χ2n) is 8.69. The molecule has 0 saturated carbocycles. The summed E-state index contributed by atoms with van der Waals surface area (Å²) in [7, 11) is 0. The Balaban J connectivity index is 1.37. The summed E-state index contributed by atoms with van der Waals surface area (Å²) in [6.07, 6.45) is 3.80. The number of H-pyrrole nitrogens is 1. The molecule has 0 amide bonds. The third kappa shape index (κ3) is 4.89.